The molecule has 10 nitrogen and oxygen atoms in total. The van der Waals surface area contributed by atoms with Crippen molar-refractivity contribution in [3.8, 4) is 5.75 Å². The maximum atomic E-state index is 12.5. The molecule has 0 radical (unpaired) electrons. The summed E-state index contributed by atoms with van der Waals surface area (Å²) in [6.45, 7) is 5.98. The van der Waals surface area contributed by atoms with Gasteiger partial charge in [0, 0.05) is 11.1 Å². The van der Waals surface area contributed by atoms with Gasteiger partial charge < -0.3 is 19.5 Å². The van der Waals surface area contributed by atoms with Crippen molar-refractivity contribution in [2.45, 2.75) is 26.2 Å². The lowest BCUT2D eigenvalue weighted by Gasteiger charge is -2.16. The average Bonchev–Trinajstić information content (AvgIpc) is 3.07. The molecule has 30 heavy (non-hydrogen) atoms. The van der Waals surface area contributed by atoms with Crippen LogP contribution in [0.3, 0.4) is 0 Å². The van der Waals surface area contributed by atoms with Gasteiger partial charge in [-0.25, -0.2) is 9.55 Å². The van der Waals surface area contributed by atoms with Gasteiger partial charge in [0.1, 0.15) is 16.4 Å². The summed E-state index contributed by atoms with van der Waals surface area (Å²) >= 11 is 0. The van der Waals surface area contributed by atoms with E-state index in [0.717, 1.165) is 5.69 Å². The third-order valence-electron chi connectivity index (χ3n) is 4.08. The van der Waals surface area contributed by atoms with Crippen LogP contribution in [0.2, 0.25) is 0 Å². The number of aromatic nitrogens is 4. The predicted molar refractivity (Wildman–Crippen MR) is 110 cm³/mol. The van der Waals surface area contributed by atoms with Crippen LogP contribution in [0.25, 0.3) is 12.2 Å². The molecule has 158 valence electrons. The molecule has 0 fully saturated rings. The smallest absolute Gasteiger partial charge is 0.404 e. The number of rotatable bonds is 4. The van der Waals surface area contributed by atoms with E-state index in [1.807, 2.05) is 20.8 Å². The first-order valence-corrected chi connectivity index (χ1v) is 10.4. The number of phosphoric ester groups is 1. The van der Waals surface area contributed by atoms with Crippen LogP contribution in [-0.2, 0) is 9.98 Å². The number of phosphoric acid groups is 1. The number of aromatic amines is 3. The molecule has 0 unspecified atom stereocenters. The molecule has 1 aromatic carbocycles. The van der Waals surface area contributed by atoms with Crippen molar-refractivity contribution in [3.05, 3.63) is 78.9 Å². The molecule has 3 rings (SSSR count). The summed E-state index contributed by atoms with van der Waals surface area (Å²) in [5.41, 5.74) is 0.467. The number of nitrogens with one attached hydrogen (secondary N) is 3. The van der Waals surface area contributed by atoms with Gasteiger partial charge in [-0.3, -0.25) is 19.4 Å². The van der Waals surface area contributed by atoms with Crippen molar-refractivity contribution in [3.63, 3.8) is 0 Å². The highest BCUT2D eigenvalue weighted by molar-refractivity contribution is 7.46. The maximum absolute atomic E-state index is 12.5. The molecule has 0 aliphatic rings. The zero-order valence-corrected chi connectivity index (χ0v) is 17.4. The molecular weight excluding hydrogens is 411 g/mol. The largest absolute Gasteiger partial charge is 0.524 e. The van der Waals surface area contributed by atoms with E-state index in [1.54, 1.807) is 6.07 Å². The quantitative estimate of drug-likeness (QED) is 0.368. The van der Waals surface area contributed by atoms with Crippen LogP contribution in [0.5, 0.6) is 5.75 Å². The number of imidazole rings is 1. The van der Waals surface area contributed by atoms with Crippen molar-refractivity contribution in [2.75, 3.05) is 0 Å². The summed E-state index contributed by atoms with van der Waals surface area (Å²) in [4.78, 5) is 55.1. The average molecular weight is 432 g/mol. The Labute approximate surface area is 170 Å². The molecule has 0 aliphatic carbocycles. The van der Waals surface area contributed by atoms with Gasteiger partial charge in [-0.05, 0) is 29.8 Å². The van der Waals surface area contributed by atoms with E-state index in [-0.39, 0.29) is 21.9 Å². The summed E-state index contributed by atoms with van der Waals surface area (Å²) in [6, 6.07) is 5.77. The van der Waals surface area contributed by atoms with Crippen molar-refractivity contribution in [2.24, 2.45) is 0 Å². The van der Waals surface area contributed by atoms with Crippen LogP contribution in [0.1, 0.15) is 37.7 Å². The Morgan fingerprint density at radius 3 is 2.30 bits per heavy atom. The minimum Gasteiger partial charge on any atom is -0.404 e. The molecule has 0 saturated carbocycles. The maximum Gasteiger partial charge on any atom is 0.524 e. The van der Waals surface area contributed by atoms with E-state index >= 15 is 0 Å². The molecule has 5 N–H and O–H groups in total. The van der Waals surface area contributed by atoms with Crippen LogP contribution in [0, 0.1) is 0 Å². The van der Waals surface area contributed by atoms with Gasteiger partial charge in [0.25, 0.3) is 11.1 Å². The van der Waals surface area contributed by atoms with E-state index in [0.29, 0.717) is 11.3 Å². The first kappa shape index (κ1) is 21.5. The molecule has 0 amide bonds. The van der Waals surface area contributed by atoms with E-state index in [1.165, 1.54) is 36.7 Å². The van der Waals surface area contributed by atoms with Crippen molar-refractivity contribution in [1.29, 1.82) is 0 Å². The third kappa shape index (κ3) is 5.24. The number of H-pyrrole nitrogens is 3. The molecule has 3 aromatic rings. The third-order valence-corrected chi connectivity index (χ3v) is 4.53. The molecule has 0 saturated heterocycles. The highest BCUT2D eigenvalue weighted by Crippen LogP contribution is 2.37. The molecular formula is C19H21N4O6P. The summed E-state index contributed by atoms with van der Waals surface area (Å²) < 4.78 is 15.5. The number of hydrogen-bond acceptors (Lipinski definition) is 5. The van der Waals surface area contributed by atoms with Gasteiger partial charge in [-0.15, -0.1) is 0 Å². The Morgan fingerprint density at radius 2 is 1.70 bits per heavy atom. The number of benzene rings is 1. The zero-order chi connectivity index (χ0) is 22.1. The Bertz CT molecular complexity index is 1360. The van der Waals surface area contributed by atoms with Crippen molar-refractivity contribution in [1.82, 2.24) is 19.9 Å². The van der Waals surface area contributed by atoms with Gasteiger partial charge >= 0.3 is 7.82 Å². The Hall–Kier alpha value is -3.20. The van der Waals surface area contributed by atoms with Crippen LogP contribution < -0.4 is 26.3 Å². The van der Waals surface area contributed by atoms with Crippen molar-refractivity contribution < 1.29 is 18.9 Å². The highest BCUT2D eigenvalue weighted by Gasteiger charge is 2.19. The van der Waals surface area contributed by atoms with E-state index in [9.17, 15) is 14.2 Å². The van der Waals surface area contributed by atoms with Crippen LogP contribution in [0.15, 0.2) is 40.2 Å². The number of hydrogen-bond donors (Lipinski definition) is 5. The molecule has 0 bridgehead atoms. The van der Waals surface area contributed by atoms with Crippen molar-refractivity contribution >= 4 is 20.0 Å². The number of nitrogens with zero attached hydrogens (tertiary/aromatic N) is 1. The molecule has 0 aliphatic heterocycles. The standard InChI is InChI=1S/C19H21N4O6P/c1-19(2,3)16-13(20-10-21-16)9-15-18(25)22-14(17(24)23-15)8-11-5-4-6-12(7-11)29-30(26,27)28/h4-10H,1-3H3,(H,20,21)(H,22,25)(H,23,24)(H2,26,27,28). The lowest BCUT2D eigenvalue weighted by Crippen LogP contribution is -2.46. The van der Waals surface area contributed by atoms with E-state index < -0.39 is 18.9 Å². The molecule has 2 aromatic heterocycles. The monoisotopic (exact) mass is 432 g/mol. The molecule has 0 spiro atoms. The molecule has 2 heterocycles. The first-order chi connectivity index (χ1) is 13.9. The van der Waals surface area contributed by atoms with E-state index in [4.69, 9.17) is 9.79 Å². The SMILES string of the molecule is CC(C)(C)c1[nH]cnc1C=c1[nH]c(=O)c(=Cc2cccc(OP(=O)(O)O)c2)[nH]c1=O. The topological polar surface area (TPSA) is 161 Å². The fourth-order valence-electron chi connectivity index (χ4n) is 2.81. The zero-order valence-electron chi connectivity index (χ0n) is 16.5. The van der Waals surface area contributed by atoms with Crippen LogP contribution in [-0.4, -0.2) is 29.7 Å². The van der Waals surface area contributed by atoms with Gasteiger partial charge in [-0.1, -0.05) is 32.9 Å². The summed E-state index contributed by atoms with van der Waals surface area (Å²) in [6.07, 6.45) is 4.38. The lowest BCUT2D eigenvalue weighted by molar-refractivity contribution is 0.283. The molecule has 11 heteroatoms. The lowest BCUT2D eigenvalue weighted by atomic mass is 9.90. The summed E-state index contributed by atoms with van der Waals surface area (Å²) in [5, 5.41) is 0.0249. The fraction of sp³-hybridized carbons (Fsp3) is 0.211. The van der Waals surface area contributed by atoms with Gasteiger partial charge in [-0.2, -0.15) is 0 Å². The highest BCUT2D eigenvalue weighted by atomic mass is 31.2. The van der Waals surface area contributed by atoms with Crippen LogP contribution >= 0.6 is 7.82 Å². The van der Waals surface area contributed by atoms with E-state index in [2.05, 4.69) is 24.5 Å². The second-order valence-corrected chi connectivity index (χ2v) is 8.76. The summed E-state index contributed by atoms with van der Waals surface area (Å²) in [7, 11) is -4.71. The normalized spacial score (nSPS) is 13.6. The second-order valence-electron chi connectivity index (χ2n) is 7.59. The first-order valence-electron chi connectivity index (χ1n) is 8.87. The Morgan fingerprint density at radius 1 is 1.07 bits per heavy atom. The minimum atomic E-state index is -4.71. The Kier molecular flexibility index (Phi) is 5.67. The second kappa shape index (κ2) is 7.91. The minimum absolute atomic E-state index is 0.0245. The summed E-state index contributed by atoms with van der Waals surface area (Å²) in [5.74, 6) is -0.0749. The van der Waals surface area contributed by atoms with Gasteiger partial charge in [0.05, 0.1) is 12.0 Å². The van der Waals surface area contributed by atoms with Crippen LogP contribution in [0.4, 0.5) is 0 Å². The van der Waals surface area contributed by atoms with Gasteiger partial charge in [0.2, 0.25) is 0 Å². The Balaban J connectivity index is 2.06. The predicted octanol–water partition coefficient (Wildman–Crippen LogP) is 0.213. The van der Waals surface area contributed by atoms with Gasteiger partial charge in [0.15, 0.2) is 0 Å². The molecule has 0 atom stereocenters. The fourth-order valence-corrected chi connectivity index (χ4v) is 3.20.